The monoisotopic (exact) mass is 182 g/mol. The number of nitrogens with zero attached hydrogens (tertiary/aromatic N) is 1. The molecule has 0 radical (unpaired) electrons. The SMILES string of the molecule is C#CCNCC(C)N(C)CC(C)C. The average molecular weight is 182 g/mol. The Hall–Kier alpha value is -0.520. The van der Waals surface area contributed by atoms with Crippen LogP contribution in [-0.2, 0) is 0 Å². The van der Waals surface area contributed by atoms with Crippen LogP contribution in [0.5, 0.6) is 0 Å². The Kier molecular flexibility index (Phi) is 6.66. The molecule has 1 atom stereocenters. The molecule has 2 heteroatoms. The number of rotatable bonds is 6. The van der Waals surface area contributed by atoms with Gasteiger partial charge in [-0.15, -0.1) is 6.42 Å². The number of hydrogen-bond donors (Lipinski definition) is 1. The van der Waals surface area contributed by atoms with E-state index in [4.69, 9.17) is 6.42 Å². The van der Waals surface area contributed by atoms with Gasteiger partial charge in [0, 0.05) is 19.1 Å². The van der Waals surface area contributed by atoms with Crippen LogP contribution >= 0.6 is 0 Å². The van der Waals surface area contributed by atoms with Crippen LogP contribution in [0.15, 0.2) is 0 Å². The minimum atomic E-state index is 0.552. The molecule has 0 saturated heterocycles. The summed E-state index contributed by atoms with van der Waals surface area (Å²) in [5.74, 6) is 3.30. The van der Waals surface area contributed by atoms with E-state index in [1.807, 2.05) is 0 Å². The van der Waals surface area contributed by atoms with Crippen molar-refractivity contribution in [2.45, 2.75) is 26.8 Å². The minimum absolute atomic E-state index is 0.552. The average Bonchev–Trinajstić information content (AvgIpc) is 2.03. The zero-order valence-electron chi connectivity index (χ0n) is 9.30. The molecule has 0 amide bonds. The Labute approximate surface area is 82.7 Å². The van der Waals surface area contributed by atoms with E-state index in [9.17, 15) is 0 Å². The van der Waals surface area contributed by atoms with Crippen molar-refractivity contribution in [3.8, 4) is 12.3 Å². The van der Waals surface area contributed by atoms with Gasteiger partial charge in [-0.1, -0.05) is 19.8 Å². The molecule has 0 saturated carbocycles. The van der Waals surface area contributed by atoms with Crippen LogP contribution in [0.3, 0.4) is 0 Å². The van der Waals surface area contributed by atoms with Crippen molar-refractivity contribution in [1.82, 2.24) is 10.2 Å². The normalized spacial score (nSPS) is 13.3. The van der Waals surface area contributed by atoms with Gasteiger partial charge in [-0.05, 0) is 19.9 Å². The minimum Gasteiger partial charge on any atom is -0.305 e. The van der Waals surface area contributed by atoms with Crippen molar-refractivity contribution >= 4 is 0 Å². The molecule has 0 fully saturated rings. The summed E-state index contributed by atoms with van der Waals surface area (Å²) in [6.07, 6.45) is 5.15. The quantitative estimate of drug-likeness (QED) is 0.490. The highest BCUT2D eigenvalue weighted by atomic mass is 15.1. The van der Waals surface area contributed by atoms with Crippen LogP contribution in [0.4, 0.5) is 0 Å². The van der Waals surface area contributed by atoms with Crippen LogP contribution in [-0.4, -0.2) is 37.6 Å². The van der Waals surface area contributed by atoms with E-state index in [1.54, 1.807) is 0 Å². The maximum absolute atomic E-state index is 5.15. The van der Waals surface area contributed by atoms with Gasteiger partial charge in [0.1, 0.15) is 0 Å². The van der Waals surface area contributed by atoms with Gasteiger partial charge in [-0.2, -0.15) is 0 Å². The second kappa shape index (κ2) is 6.94. The van der Waals surface area contributed by atoms with Gasteiger partial charge in [0.05, 0.1) is 6.54 Å². The highest BCUT2D eigenvalue weighted by molar-refractivity contribution is 4.87. The molecule has 0 heterocycles. The van der Waals surface area contributed by atoms with Crippen molar-refractivity contribution in [2.75, 3.05) is 26.7 Å². The lowest BCUT2D eigenvalue weighted by Crippen LogP contribution is -2.39. The number of likely N-dealkylation sites (N-methyl/N-ethyl adjacent to an activating group) is 1. The third-order valence-electron chi connectivity index (χ3n) is 2.07. The largest absolute Gasteiger partial charge is 0.305 e. The fraction of sp³-hybridized carbons (Fsp3) is 0.818. The van der Waals surface area contributed by atoms with Crippen molar-refractivity contribution in [3.05, 3.63) is 0 Å². The lowest BCUT2D eigenvalue weighted by Gasteiger charge is -2.26. The smallest absolute Gasteiger partial charge is 0.0574 e. The second-order valence-electron chi connectivity index (χ2n) is 4.02. The van der Waals surface area contributed by atoms with Gasteiger partial charge in [-0.3, -0.25) is 0 Å². The van der Waals surface area contributed by atoms with Crippen molar-refractivity contribution in [2.24, 2.45) is 5.92 Å². The first-order valence-corrected chi connectivity index (χ1v) is 4.92. The third-order valence-corrected chi connectivity index (χ3v) is 2.07. The molecule has 0 aromatic heterocycles. The summed E-state index contributed by atoms with van der Waals surface area (Å²) in [4.78, 5) is 2.36. The molecule has 13 heavy (non-hydrogen) atoms. The lowest BCUT2D eigenvalue weighted by atomic mass is 10.2. The Morgan fingerprint density at radius 1 is 1.38 bits per heavy atom. The Balaban J connectivity index is 3.57. The summed E-state index contributed by atoms with van der Waals surface area (Å²) in [6.45, 7) is 9.45. The van der Waals surface area contributed by atoms with Crippen molar-refractivity contribution < 1.29 is 0 Å². The fourth-order valence-corrected chi connectivity index (χ4v) is 1.26. The molecule has 1 unspecified atom stereocenters. The summed E-state index contributed by atoms with van der Waals surface area (Å²) in [7, 11) is 2.15. The molecule has 76 valence electrons. The summed E-state index contributed by atoms with van der Waals surface area (Å²) in [6, 6.07) is 0.552. The van der Waals surface area contributed by atoms with Gasteiger partial charge in [0.15, 0.2) is 0 Å². The Morgan fingerprint density at radius 3 is 2.46 bits per heavy atom. The third kappa shape index (κ3) is 6.62. The highest BCUT2D eigenvalue weighted by Gasteiger charge is 2.09. The summed E-state index contributed by atoms with van der Waals surface area (Å²) in [5, 5.41) is 3.21. The molecule has 1 N–H and O–H groups in total. The Morgan fingerprint density at radius 2 is 2.00 bits per heavy atom. The van der Waals surface area contributed by atoms with E-state index in [0.717, 1.165) is 19.0 Å². The molecular formula is C11H22N2. The van der Waals surface area contributed by atoms with Gasteiger partial charge in [-0.25, -0.2) is 0 Å². The predicted molar refractivity (Wildman–Crippen MR) is 58.6 cm³/mol. The first kappa shape index (κ1) is 12.5. The van der Waals surface area contributed by atoms with E-state index in [1.165, 1.54) is 0 Å². The molecule has 0 aliphatic heterocycles. The molecule has 0 spiro atoms. The maximum atomic E-state index is 5.15. The fourth-order valence-electron chi connectivity index (χ4n) is 1.26. The molecule has 0 aromatic rings. The predicted octanol–water partition coefficient (Wildman–Crippen LogP) is 1.19. The molecule has 0 aromatic carbocycles. The van der Waals surface area contributed by atoms with Gasteiger partial charge in [0.2, 0.25) is 0 Å². The standard InChI is InChI=1S/C11H22N2/c1-6-7-12-8-11(4)13(5)9-10(2)3/h1,10-12H,7-9H2,2-5H3. The molecule has 0 aliphatic rings. The number of nitrogens with one attached hydrogen (secondary N) is 1. The summed E-state index contributed by atoms with van der Waals surface area (Å²) in [5.41, 5.74) is 0. The van der Waals surface area contributed by atoms with Crippen LogP contribution in [0.2, 0.25) is 0 Å². The van der Waals surface area contributed by atoms with E-state index >= 15 is 0 Å². The second-order valence-corrected chi connectivity index (χ2v) is 4.02. The molecule has 2 nitrogen and oxygen atoms in total. The topological polar surface area (TPSA) is 15.3 Å². The number of hydrogen-bond acceptors (Lipinski definition) is 2. The zero-order valence-corrected chi connectivity index (χ0v) is 9.30. The first-order valence-electron chi connectivity index (χ1n) is 4.92. The van der Waals surface area contributed by atoms with Crippen LogP contribution in [0.1, 0.15) is 20.8 Å². The van der Waals surface area contributed by atoms with E-state index in [0.29, 0.717) is 12.6 Å². The molecular weight excluding hydrogens is 160 g/mol. The number of terminal acetylenes is 1. The summed E-state index contributed by atoms with van der Waals surface area (Å²) < 4.78 is 0. The molecule has 0 rings (SSSR count). The first-order chi connectivity index (χ1) is 6.07. The van der Waals surface area contributed by atoms with Crippen LogP contribution < -0.4 is 5.32 Å². The van der Waals surface area contributed by atoms with Crippen molar-refractivity contribution in [3.63, 3.8) is 0 Å². The van der Waals surface area contributed by atoms with Gasteiger partial charge < -0.3 is 10.2 Å². The maximum Gasteiger partial charge on any atom is 0.0574 e. The van der Waals surface area contributed by atoms with Gasteiger partial charge in [0.25, 0.3) is 0 Å². The van der Waals surface area contributed by atoms with E-state index in [-0.39, 0.29) is 0 Å². The molecule has 0 bridgehead atoms. The molecule has 0 aliphatic carbocycles. The summed E-state index contributed by atoms with van der Waals surface area (Å²) >= 11 is 0. The van der Waals surface area contributed by atoms with Crippen LogP contribution in [0.25, 0.3) is 0 Å². The highest BCUT2D eigenvalue weighted by Crippen LogP contribution is 2.00. The van der Waals surface area contributed by atoms with Gasteiger partial charge >= 0.3 is 0 Å². The van der Waals surface area contributed by atoms with Crippen LogP contribution in [0, 0.1) is 18.3 Å². The zero-order chi connectivity index (χ0) is 10.3. The lowest BCUT2D eigenvalue weighted by molar-refractivity contribution is 0.227. The Bertz CT molecular complexity index is 158. The van der Waals surface area contributed by atoms with Crippen molar-refractivity contribution in [1.29, 1.82) is 0 Å². The van der Waals surface area contributed by atoms with E-state index < -0.39 is 0 Å². The van der Waals surface area contributed by atoms with E-state index in [2.05, 4.69) is 44.0 Å².